The van der Waals surface area contributed by atoms with Gasteiger partial charge in [-0.25, -0.2) is 0 Å². The second-order valence-electron chi connectivity index (χ2n) is 5.21. The van der Waals surface area contributed by atoms with Crippen molar-refractivity contribution < 1.29 is 9.59 Å². The van der Waals surface area contributed by atoms with E-state index in [4.69, 9.17) is 0 Å². The first-order valence-corrected chi connectivity index (χ1v) is 6.96. The molecule has 0 bridgehead atoms. The molecule has 6 heteroatoms. The minimum Gasteiger partial charge on any atom is -0.347 e. The molecular weight excluding hydrogens is 256 g/mol. The Morgan fingerprint density at radius 2 is 2.25 bits per heavy atom. The van der Waals surface area contributed by atoms with Crippen LogP contribution in [0.15, 0.2) is 18.3 Å². The first-order valence-electron chi connectivity index (χ1n) is 6.96. The van der Waals surface area contributed by atoms with Crippen LogP contribution in [0, 0.1) is 0 Å². The van der Waals surface area contributed by atoms with Gasteiger partial charge >= 0.3 is 0 Å². The summed E-state index contributed by atoms with van der Waals surface area (Å²) in [7, 11) is 3.69. The van der Waals surface area contributed by atoms with Crippen LogP contribution in [0.4, 0.5) is 0 Å². The first-order chi connectivity index (χ1) is 9.61. The summed E-state index contributed by atoms with van der Waals surface area (Å²) in [6, 6.07) is 3.86. The van der Waals surface area contributed by atoms with Crippen LogP contribution >= 0.6 is 0 Å². The highest BCUT2D eigenvalue weighted by Crippen LogP contribution is 2.15. The van der Waals surface area contributed by atoms with Gasteiger partial charge < -0.3 is 9.88 Å². The fourth-order valence-corrected chi connectivity index (χ4v) is 2.68. The summed E-state index contributed by atoms with van der Waals surface area (Å²) in [6.07, 6.45) is 3.98. The number of imide groups is 1. The van der Waals surface area contributed by atoms with Crippen molar-refractivity contribution in [3.63, 3.8) is 0 Å². The van der Waals surface area contributed by atoms with Gasteiger partial charge in [-0.3, -0.25) is 19.8 Å². The number of amides is 2. The van der Waals surface area contributed by atoms with Crippen molar-refractivity contribution in [2.45, 2.75) is 18.9 Å². The smallest absolute Gasteiger partial charge is 0.274 e. The average molecular weight is 278 g/mol. The summed E-state index contributed by atoms with van der Waals surface area (Å²) < 4.78 is 1.70. The number of likely N-dealkylation sites (N-methyl/N-ethyl adjacent to an activating group) is 1. The molecule has 0 aliphatic carbocycles. The van der Waals surface area contributed by atoms with Crippen LogP contribution in [0.25, 0.3) is 0 Å². The molecule has 0 spiro atoms. The molecule has 2 N–H and O–H groups in total. The van der Waals surface area contributed by atoms with Gasteiger partial charge in [0, 0.05) is 25.8 Å². The van der Waals surface area contributed by atoms with Crippen molar-refractivity contribution in [2.75, 3.05) is 26.7 Å². The van der Waals surface area contributed by atoms with Crippen LogP contribution in [0.1, 0.15) is 23.3 Å². The molecule has 0 aromatic carbocycles. The zero-order valence-corrected chi connectivity index (χ0v) is 12.1. The van der Waals surface area contributed by atoms with Crippen molar-refractivity contribution in [3.8, 4) is 0 Å². The summed E-state index contributed by atoms with van der Waals surface area (Å²) >= 11 is 0. The maximum atomic E-state index is 12.0. The second-order valence-corrected chi connectivity index (χ2v) is 5.21. The van der Waals surface area contributed by atoms with Crippen molar-refractivity contribution in [1.29, 1.82) is 0 Å². The molecule has 20 heavy (non-hydrogen) atoms. The van der Waals surface area contributed by atoms with Crippen molar-refractivity contribution >= 4 is 11.8 Å². The minimum absolute atomic E-state index is 0.237. The van der Waals surface area contributed by atoms with Crippen LogP contribution < -0.4 is 10.6 Å². The molecule has 1 aliphatic heterocycles. The van der Waals surface area contributed by atoms with Crippen LogP contribution in [-0.4, -0.2) is 54.0 Å². The number of likely N-dealkylation sites (tertiary alicyclic amines) is 1. The van der Waals surface area contributed by atoms with Gasteiger partial charge in [-0.1, -0.05) is 0 Å². The number of aromatic nitrogens is 1. The molecule has 1 aromatic heterocycles. The standard InChI is InChI=1S/C14H22N4O2/c1-15-9-11-5-3-8-18(11)10-13(19)16-14(20)12-6-4-7-17(12)2/h4,6-7,11,15H,3,5,8-10H2,1-2H3,(H,16,19,20). The lowest BCUT2D eigenvalue weighted by Gasteiger charge is -2.23. The maximum Gasteiger partial charge on any atom is 0.274 e. The fraction of sp³-hybridized carbons (Fsp3) is 0.571. The van der Waals surface area contributed by atoms with E-state index in [2.05, 4.69) is 15.5 Å². The molecule has 1 saturated heterocycles. The molecule has 1 fully saturated rings. The summed E-state index contributed by atoms with van der Waals surface area (Å²) in [5.41, 5.74) is 0.492. The Morgan fingerprint density at radius 1 is 1.45 bits per heavy atom. The third kappa shape index (κ3) is 3.46. The topological polar surface area (TPSA) is 66.4 Å². The minimum atomic E-state index is -0.341. The molecule has 2 rings (SSSR count). The predicted octanol–water partition coefficient (Wildman–Crippen LogP) is -0.0347. The van der Waals surface area contributed by atoms with Crippen LogP contribution in [-0.2, 0) is 11.8 Å². The van der Waals surface area contributed by atoms with Gasteiger partial charge in [-0.15, -0.1) is 0 Å². The lowest BCUT2D eigenvalue weighted by atomic mass is 10.2. The monoisotopic (exact) mass is 278 g/mol. The fourth-order valence-electron chi connectivity index (χ4n) is 2.68. The van der Waals surface area contributed by atoms with Crippen LogP contribution in [0.5, 0.6) is 0 Å². The molecular formula is C14H22N4O2. The predicted molar refractivity (Wildman–Crippen MR) is 76.4 cm³/mol. The van der Waals surface area contributed by atoms with E-state index in [9.17, 15) is 9.59 Å². The number of carbonyl (C=O) groups excluding carboxylic acids is 2. The molecule has 1 aliphatic rings. The van der Waals surface area contributed by atoms with Gasteiger partial charge in [0.25, 0.3) is 5.91 Å². The zero-order chi connectivity index (χ0) is 14.5. The van der Waals surface area contributed by atoms with Crippen molar-refractivity contribution in [1.82, 2.24) is 20.1 Å². The van der Waals surface area contributed by atoms with E-state index < -0.39 is 0 Å². The van der Waals surface area contributed by atoms with Gasteiger partial charge in [-0.2, -0.15) is 0 Å². The van der Waals surface area contributed by atoms with E-state index >= 15 is 0 Å². The normalized spacial score (nSPS) is 19.2. The Kier molecular flexibility index (Phi) is 4.92. The van der Waals surface area contributed by atoms with Gasteiger partial charge in [0.05, 0.1) is 6.54 Å². The zero-order valence-electron chi connectivity index (χ0n) is 12.1. The number of nitrogens with zero attached hydrogens (tertiary/aromatic N) is 2. The SMILES string of the molecule is CNCC1CCCN1CC(=O)NC(=O)c1cccn1C. The van der Waals surface area contributed by atoms with Gasteiger partial charge in [-0.05, 0) is 38.6 Å². The molecule has 110 valence electrons. The van der Waals surface area contributed by atoms with Gasteiger partial charge in [0.1, 0.15) is 5.69 Å². The molecule has 2 amide bonds. The van der Waals surface area contributed by atoms with E-state index in [-0.39, 0.29) is 18.4 Å². The first kappa shape index (κ1) is 14.7. The third-order valence-electron chi connectivity index (χ3n) is 3.71. The van der Waals surface area contributed by atoms with E-state index in [0.29, 0.717) is 11.7 Å². The number of hydrogen-bond donors (Lipinski definition) is 2. The summed E-state index contributed by atoms with van der Waals surface area (Å²) in [6.45, 7) is 2.07. The van der Waals surface area contributed by atoms with Crippen LogP contribution in [0.2, 0.25) is 0 Å². The highest BCUT2D eigenvalue weighted by atomic mass is 16.2. The number of aryl methyl sites for hydroxylation is 1. The lowest BCUT2D eigenvalue weighted by molar-refractivity contribution is -0.121. The molecule has 0 radical (unpaired) electrons. The summed E-state index contributed by atoms with van der Waals surface area (Å²) in [5.74, 6) is -0.578. The Balaban J connectivity index is 1.86. The second kappa shape index (κ2) is 6.67. The third-order valence-corrected chi connectivity index (χ3v) is 3.71. The van der Waals surface area contributed by atoms with E-state index in [1.165, 1.54) is 0 Å². The highest BCUT2D eigenvalue weighted by Gasteiger charge is 2.26. The largest absolute Gasteiger partial charge is 0.347 e. The average Bonchev–Trinajstić information content (AvgIpc) is 2.99. The molecule has 1 unspecified atom stereocenters. The molecule has 1 atom stereocenters. The molecule has 6 nitrogen and oxygen atoms in total. The quantitative estimate of drug-likeness (QED) is 0.793. The maximum absolute atomic E-state index is 12.0. The van der Waals surface area contributed by atoms with Crippen molar-refractivity contribution in [2.24, 2.45) is 7.05 Å². The van der Waals surface area contributed by atoms with Crippen molar-refractivity contribution in [3.05, 3.63) is 24.0 Å². The lowest BCUT2D eigenvalue weighted by Crippen LogP contribution is -2.44. The number of rotatable bonds is 5. The van der Waals surface area contributed by atoms with Gasteiger partial charge in [0.15, 0.2) is 0 Å². The summed E-state index contributed by atoms with van der Waals surface area (Å²) in [5, 5.41) is 5.59. The number of nitrogens with one attached hydrogen (secondary N) is 2. The Bertz CT molecular complexity index is 483. The number of hydrogen-bond acceptors (Lipinski definition) is 4. The molecule has 2 heterocycles. The Labute approximate surface area is 119 Å². The van der Waals surface area contributed by atoms with Gasteiger partial charge in [0.2, 0.25) is 5.91 Å². The summed E-state index contributed by atoms with van der Waals surface area (Å²) in [4.78, 5) is 26.0. The van der Waals surface area contributed by atoms with E-state index in [1.54, 1.807) is 29.9 Å². The molecule has 1 aromatic rings. The molecule has 0 saturated carbocycles. The highest BCUT2D eigenvalue weighted by molar-refractivity contribution is 6.04. The van der Waals surface area contributed by atoms with E-state index in [1.807, 2.05) is 7.05 Å². The Hall–Kier alpha value is -1.66. The van der Waals surface area contributed by atoms with Crippen LogP contribution in [0.3, 0.4) is 0 Å². The Morgan fingerprint density at radius 3 is 2.90 bits per heavy atom. The van der Waals surface area contributed by atoms with E-state index in [0.717, 1.165) is 25.9 Å². The number of carbonyl (C=O) groups is 2.